The van der Waals surface area contributed by atoms with Gasteiger partial charge < -0.3 is 25.4 Å². The van der Waals surface area contributed by atoms with Crippen LogP contribution in [0.5, 0.6) is 11.8 Å². The normalized spacial score (nSPS) is 21.8. The van der Waals surface area contributed by atoms with Gasteiger partial charge in [0.15, 0.2) is 5.82 Å². The third-order valence-corrected chi connectivity index (χ3v) is 9.67. The van der Waals surface area contributed by atoms with E-state index in [1.165, 1.54) is 24.3 Å². The number of aryl methyl sites for hydroxylation is 1. The first-order valence-electron chi connectivity index (χ1n) is 17.4. The molecule has 0 amide bonds. The zero-order valence-electron chi connectivity index (χ0n) is 29.3. The molecule has 0 saturated carbocycles. The molecule has 1 fully saturated rings. The Labute approximate surface area is 291 Å². The van der Waals surface area contributed by atoms with E-state index in [0.717, 1.165) is 19.4 Å². The van der Waals surface area contributed by atoms with E-state index in [1.807, 2.05) is 25.8 Å². The number of phenolic OH excluding ortho intramolecular Hbond substituents is 1. The number of aromatic hydroxyl groups is 1. The number of fused-ring (bicyclic) bond motifs is 1. The Hall–Kier alpha value is -4.21. The van der Waals surface area contributed by atoms with Gasteiger partial charge in [0.05, 0.1) is 23.3 Å². The van der Waals surface area contributed by atoms with Crippen LogP contribution in [0.2, 0.25) is 0 Å². The maximum absolute atomic E-state index is 17.0. The number of hydrogen-bond donors (Lipinski definition) is 3. The molecule has 2 aliphatic heterocycles. The van der Waals surface area contributed by atoms with Gasteiger partial charge in [0.1, 0.15) is 28.6 Å². The summed E-state index contributed by atoms with van der Waals surface area (Å²) in [6.07, 6.45) is 5.59. The SMILES string of the molecule is C#Cc1c(F)ccc2cc(O)cc(-c3nc4c5c(nc(OCC6(C)CN(C)CCC6C(F)F)nc5c3F)NCCNCC(C)CCC4)c12.CC. The molecular weight excluding hydrogens is 648 g/mol. The summed E-state index contributed by atoms with van der Waals surface area (Å²) >= 11 is 0. The average molecular weight is 695 g/mol. The molecule has 8 nitrogen and oxygen atoms in total. The number of ether oxygens (including phenoxy) is 1. The highest BCUT2D eigenvalue weighted by molar-refractivity contribution is 6.03. The van der Waals surface area contributed by atoms with E-state index in [1.54, 1.807) is 6.92 Å². The summed E-state index contributed by atoms with van der Waals surface area (Å²) in [5.41, 5.74) is -0.603. The van der Waals surface area contributed by atoms with Gasteiger partial charge in [0, 0.05) is 41.9 Å². The molecule has 2 aromatic heterocycles. The van der Waals surface area contributed by atoms with Crippen molar-refractivity contribution in [3.63, 3.8) is 0 Å². The van der Waals surface area contributed by atoms with Gasteiger partial charge >= 0.3 is 6.01 Å². The fourth-order valence-corrected chi connectivity index (χ4v) is 7.20. The predicted octanol–water partition coefficient (Wildman–Crippen LogP) is 7.41. The second-order valence-corrected chi connectivity index (χ2v) is 13.5. The fraction of sp³-hybridized carbons (Fsp3) is 0.500. The minimum absolute atomic E-state index is 0.0813. The van der Waals surface area contributed by atoms with Crippen molar-refractivity contribution in [3.05, 3.63) is 47.2 Å². The summed E-state index contributed by atoms with van der Waals surface area (Å²) in [5, 5.41) is 18.4. The van der Waals surface area contributed by atoms with Crippen LogP contribution in [-0.2, 0) is 6.42 Å². The molecule has 3 unspecified atom stereocenters. The number of terminal acetylenes is 1. The molecule has 3 N–H and O–H groups in total. The van der Waals surface area contributed by atoms with Crippen molar-refractivity contribution in [2.45, 2.75) is 59.8 Å². The van der Waals surface area contributed by atoms with Crippen LogP contribution in [0.4, 0.5) is 23.4 Å². The quantitative estimate of drug-likeness (QED) is 0.147. The minimum atomic E-state index is -2.53. The van der Waals surface area contributed by atoms with Gasteiger partial charge in [-0.25, -0.2) is 22.5 Å². The Kier molecular flexibility index (Phi) is 11.7. The number of hydrogen-bond acceptors (Lipinski definition) is 8. The van der Waals surface area contributed by atoms with E-state index < -0.39 is 29.4 Å². The average Bonchev–Trinajstić information content (AvgIpc) is 3.08. The summed E-state index contributed by atoms with van der Waals surface area (Å²) in [5.74, 6) is 0.506. The van der Waals surface area contributed by atoms with Crippen LogP contribution in [0.15, 0.2) is 24.3 Å². The molecule has 268 valence electrons. The molecule has 2 aliphatic rings. The van der Waals surface area contributed by atoms with Crippen LogP contribution in [0, 0.1) is 41.2 Å². The Balaban J connectivity index is 0.00000239. The number of piperidine rings is 1. The summed E-state index contributed by atoms with van der Waals surface area (Å²) in [6, 6.07) is 5.25. The van der Waals surface area contributed by atoms with Gasteiger partial charge in [-0.1, -0.05) is 39.7 Å². The van der Waals surface area contributed by atoms with Crippen molar-refractivity contribution >= 4 is 27.5 Å². The lowest BCUT2D eigenvalue weighted by atomic mass is 9.73. The maximum atomic E-state index is 17.0. The summed E-state index contributed by atoms with van der Waals surface area (Å²) < 4.78 is 66.3. The molecule has 0 radical (unpaired) electrons. The number of phenols is 1. The molecule has 0 bridgehead atoms. The highest BCUT2D eigenvalue weighted by Gasteiger charge is 2.44. The van der Waals surface area contributed by atoms with Crippen molar-refractivity contribution < 1.29 is 27.4 Å². The Bertz CT molecular complexity index is 1880. The lowest BCUT2D eigenvalue weighted by molar-refractivity contribution is -0.0679. The van der Waals surface area contributed by atoms with Gasteiger partial charge in [0.2, 0.25) is 6.43 Å². The predicted molar refractivity (Wildman–Crippen MR) is 190 cm³/mol. The number of likely N-dealkylation sites (tertiary alicyclic amines) is 1. The van der Waals surface area contributed by atoms with Gasteiger partial charge in [-0.3, -0.25) is 0 Å². The van der Waals surface area contributed by atoms with Gasteiger partial charge in [-0.05, 0) is 75.3 Å². The number of aromatic nitrogens is 3. The van der Waals surface area contributed by atoms with Gasteiger partial charge in [0.25, 0.3) is 0 Å². The Morgan fingerprint density at radius 3 is 2.64 bits per heavy atom. The molecule has 4 aromatic rings. The second-order valence-electron chi connectivity index (χ2n) is 13.5. The highest BCUT2D eigenvalue weighted by atomic mass is 19.3. The van der Waals surface area contributed by atoms with Gasteiger partial charge in [-0.15, -0.1) is 6.42 Å². The highest BCUT2D eigenvalue weighted by Crippen LogP contribution is 2.41. The molecule has 50 heavy (non-hydrogen) atoms. The van der Waals surface area contributed by atoms with Crippen LogP contribution in [0.3, 0.4) is 0 Å². The summed E-state index contributed by atoms with van der Waals surface area (Å²) in [6.45, 7) is 10.6. The molecule has 3 atom stereocenters. The first-order valence-corrected chi connectivity index (χ1v) is 17.4. The Morgan fingerprint density at radius 2 is 1.90 bits per heavy atom. The van der Waals surface area contributed by atoms with Crippen LogP contribution >= 0.6 is 0 Å². The van der Waals surface area contributed by atoms with Crippen LogP contribution in [-0.4, -0.2) is 77.8 Å². The van der Waals surface area contributed by atoms with Crippen LogP contribution in [0.1, 0.15) is 58.2 Å². The standard InChI is InChI=1S/C36H40F4N6O2.C2H6/c1-5-23-26(37)10-9-21-15-22(47)16-24(28(21)23)31-30(38)32-29-27(43-31)8-6-7-20(2)17-41-12-13-42-34(29)45-35(44-32)48-19-36(3)18-46(4)14-11-25(36)33(39)40;1-2/h1,9-10,15-16,20,25,33,41,47H,6-8,11-14,17-19H2,2-4H3,(H,42,44,45);1-2H3. The monoisotopic (exact) mass is 694 g/mol. The van der Waals surface area contributed by atoms with E-state index in [4.69, 9.17) is 16.1 Å². The number of rotatable bonds is 5. The molecule has 12 heteroatoms. The van der Waals surface area contributed by atoms with E-state index in [0.29, 0.717) is 67.2 Å². The van der Waals surface area contributed by atoms with Crippen molar-refractivity contribution in [1.82, 2.24) is 25.2 Å². The third-order valence-electron chi connectivity index (χ3n) is 9.67. The molecule has 0 spiro atoms. The number of nitrogens with zero attached hydrogens (tertiary/aromatic N) is 4. The molecule has 4 heterocycles. The van der Waals surface area contributed by atoms with E-state index in [9.17, 15) is 18.3 Å². The number of nitrogens with one attached hydrogen (secondary N) is 2. The number of alkyl halides is 2. The van der Waals surface area contributed by atoms with Crippen molar-refractivity contribution in [2.75, 3.05) is 51.7 Å². The number of halogens is 4. The van der Waals surface area contributed by atoms with E-state index in [2.05, 4.69) is 33.4 Å². The number of pyridine rings is 1. The first kappa shape index (κ1) is 37.1. The Morgan fingerprint density at radius 1 is 1.12 bits per heavy atom. The first-order chi connectivity index (χ1) is 24.0. The zero-order valence-corrected chi connectivity index (χ0v) is 29.3. The van der Waals surface area contributed by atoms with Gasteiger partial charge in [-0.2, -0.15) is 9.97 Å². The number of benzene rings is 2. The summed E-state index contributed by atoms with van der Waals surface area (Å²) in [7, 11) is 1.88. The molecule has 1 saturated heterocycles. The van der Waals surface area contributed by atoms with Crippen molar-refractivity contribution in [1.29, 1.82) is 0 Å². The van der Waals surface area contributed by atoms with Crippen LogP contribution in [0.25, 0.3) is 32.9 Å². The van der Waals surface area contributed by atoms with Crippen molar-refractivity contribution in [3.8, 4) is 35.4 Å². The summed E-state index contributed by atoms with van der Waals surface area (Å²) in [4.78, 5) is 16.0. The minimum Gasteiger partial charge on any atom is -0.508 e. The van der Waals surface area contributed by atoms with E-state index in [-0.39, 0.29) is 46.1 Å². The molecule has 0 aliphatic carbocycles. The smallest absolute Gasteiger partial charge is 0.319 e. The van der Waals surface area contributed by atoms with E-state index >= 15 is 4.39 Å². The molecule has 2 aromatic carbocycles. The number of anilines is 1. The van der Waals surface area contributed by atoms with Crippen molar-refractivity contribution in [2.24, 2.45) is 17.3 Å². The lowest BCUT2D eigenvalue weighted by Crippen LogP contribution is -2.51. The second kappa shape index (κ2) is 15.8. The molecule has 6 rings (SSSR count). The largest absolute Gasteiger partial charge is 0.508 e. The maximum Gasteiger partial charge on any atom is 0.319 e. The van der Waals surface area contributed by atoms with Crippen LogP contribution < -0.4 is 15.4 Å². The fourth-order valence-electron chi connectivity index (χ4n) is 7.20. The molecular formula is C38H46F4N6O2. The third kappa shape index (κ3) is 7.59. The zero-order chi connectivity index (χ0) is 36.2. The topological polar surface area (TPSA) is 95.4 Å². The lowest BCUT2D eigenvalue weighted by Gasteiger charge is -2.44.